The van der Waals surface area contributed by atoms with E-state index in [4.69, 9.17) is 0 Å². The monoisotopic (exact) mass is 421 g/mol. The molecule has 148 valence electrons. The summed E-state index contributed by atoms with van der Waals surface area (Å²) in [5, 5.41) is 13.0. The second kappa shape index (κ2) is 8.38. The van der Waals surface area contributed by atoms with Crippen LogP contribution >= 0.6 is 23.7 Å². The van der Waals surface area contributed by atoms with E-state index in [9.17, 15) is 9.18 Å². The number of benzene rings is 1. The Morgan fingerprint density at radius 3 is 2.82 bits per heavy atom. The molecule has 0 saturated carbocycles. The molecule has 0 spiro atoms. The van der Waals surface area contributed by atoms with E-state index in [2.05, 4.69) is 20.7 Å². The summed E-state index contributed by atoms with van der Waals surface area (Å²) in [7, 11) is 0. The highest BCUT2D eigenvalue weighted by Gasteiger charge is 2.42. The standard InChI is InChI=1S/C19H20FN5OS.ClH/c1-13-11-14(3-4-15(13)20)16-12-27-18(23-16)24-17(26)19(5-8-21-9-6-19)25-10-2-7-22-25;/h2-4,7,10-12,21H,5-6,8-9H2,1H3,(H,23,24,26);1H. The van der Waals surface area contributed by atoms with Crippen LogP contribution in [0.1, 0.15) is 18.4 Å². The molecule has 0 radical (unpaired) electrons. The lowest BCUT2D eigenvalue weighted by atomic mass is 9.87. The molecule has 2 N–H and O–H groups in total. The number of nitrogens with zero attached hydrogens (tertiary/aromatic N) is 3. The molecular formula is C19H21ClFN5OS. The van der Waals surface area contributed by atoms with Crippen molar-refractivity contribution in [3.8, 4) is 11.3 Å². The Balaban J connectivity index is 0.00000225. The molecule has 28 heavy (non-hydrogen) atoms. The Morgan fingerprint density at radius 2 is 2.14 bits per heavy atom. The van der Waals surface area contributed by atoms with Crippen molar-refractivity contribution >= 4 is 34.8 Å². The summed E-state index contributed by atoms with van der Waals surface area (Å²) >= 11 is 1.36. The summed E-state index contributed by atoms with van der Waals surface area (Å²) in [6, 6.07) is 6.72. The van der Waals surface area contributed by atoms with Crippen LogP contribution in [0.25, 0.3) is 11.3 Å². The van der Waals surface area contributed by atoms with E-state index in [1.54, 1.807) is 29.9 Å². The number of hydrogen-bond donors (Lipinski definition) is 2. The van der Waals surface area contributed by atoms with Gasteiger partial charge in [0.1, 0.15) is 11.4 Å². The zero-order valence-corrected chi connectivity index (χ0v) is 16.9. The Kier molecular flexibility index (Phi) is 6.12. The second-order valence-electron chi connectivity index (χ2n) is 6.69. The molecule has 0 bridgehead atoms. The highest BCUT2D eigenvalue weighted by atomic mass is 35.5. The van der Waals surface area contributed by atoms with Gasteiger partial charge >= 0.3 is 0 Å². The molecular weight excluding hydrogens is 401 g/mol. The number of hydrogen-bond acceptors (Lipinski definition) is 5. The summed E-state index contributed by atoms with van der Waals surface area (Å²) in [6.07, 6.45) is 4.85. The van der Waals surface area contributed by atoms with Crippen molar-refractivity contribution in [3.63, 3.8) is 0 Å². The molecule has 1 fully saturated rings. The number of carbonyl (C=O) groups is 1. The number of carbonyl (C=O) groups excluding carboxylic acids is 1. The van der Waals surface area contributed by atoms with Crippen LogP contribution in [-0.4, -0.2) is 33.8 Å². The van der Waals surface area contributed by atoms with Gasteiger partial charge in [0.05, 0.1) is 5.69 Å². The normalized spacial score (nSPS) is 15.6. The Hall–Kier alpha value is -2.29. The maximum absolute atomic E-state index is 13.5. The number of thiazole rings is 1. The summed E-state index contributed by atoms with van der Waals surface area (Å²) in [5.41, 5.74) is 1.40. The van der Waals surface area contributed by atoms with E-state index < -0.39 is 5.54 Å². The summed E-state index contributed by atoms with van der Waals surface area (Å²) in [4.78, 5) is 17.7. The smallest absolute Gasteiger partial charge is 0.254 e. The van der Waals surface area contributed by atoms with Gasteiger partial charge in [-0.05, 0) is 62.7 Å². The van der Waals surface area contributed by atoms with Crippen molar-refractivity contribution in [3.05, 3.63) is 53.4 Å². The van der Waals surface area contributed by atoms with Crippen LogP contribution in [0.5, 0.6) is 0 Å². The van der Waals surface area contributed by atoms with Crippen molar-refractivity contribution in [2.24, 2.45) is 0 Å². The minimum atomic E-state index is -0.715. The number of piperidine rings is 1. The van der Waals surface area contributed by atoms with Crippen molar-refractivity contribution < 1.29 is 9.18 Å². The summed E-state index contributed by atoms with van der Waals surface area (Å²) in [6.45, 7) is 3.23. The van der Waals surface area contributed by atoms with Crippen LogP contribution in [0.2, 0.25) is 0 Å². The maximum Gasteiger partial charge on any atom is 0.254 e. The predicted molar refractivity (Wildman–Crippen MR) is 110 cm³/mol. The van der Waals surface area contributed by atoms with Gasteiger partial charge in [0, 0.05) is 23.3 Å². The molecule has 9 heteroatoms. The van der Waals surface area contributed by atoms with Gasteiger partial charge in [-0.15, -0.1) is 23.7 Å². The minimum absolute atomic E-state index is 0. The molecule has 1 aromatic carbocycles. The van der Waals surface area contributed by atoms with E-state index in [0.29, 0.717) is 23.5 Å². The predicted octanol–water partition coefficient (Wildman–Crippen LogP) is 3.59. The van der Waals surface area contributed by atoms with Gasteiger partial charge in [0.2, 0.25) is 0 Å². The first kappa shape index (κ1) is 20.4. The lowest BCUT2D eigenvalue weighted by molar-refractivity contribution is -0.126. The third kappa shape index (κ3) is 3.80. The molecule has 3 aromatic rings. The molecule has 1 aliphatic heterocycles. The molecule has 0 atom stereocenters. The van der Waals surface area contributed by atoms with Crippen molar-refractivity contribution in [1.29, 1.82) is 0 Å². The molecule has 1 aliphatic rings. The van der Waals surface area contributed by atoms with Gasteiger partial charge in [-0.1, -0.05) is 0 Å². The highest BCUT2D eigenvalue weighted by molar-refractivity contribution is 7.14. The van der Waals surface area contributed by atoms with Crippen molar-refractivity contribution in [2.75, 3.05) is 18.4 Å². The Morgan fingerprint density at radius 1 is 1.36 bits per heavy atom. The van der Waals surface area contributed by atoms with Gasteiger partial charge < -0.3 is 5.32 Å². The number of rotatable bonds is 4. The Labute approximate surface area is 172 Å². The molecule has 4 rings (SSSR count). The number of anilines is 1. The van der Waals surface area contributed by atoms with Crippen molar-refractivity contribution in [1.82, 2.24) is 20.1 Å². The fourth-order valence-electron chi connectivity index (χ4n) is 3.40. The van der Waals surface area contributed by atoms with Gasteiger partial charge in [-0.25, -0.2) is 9.37 Å². The van der Waals surface area contributed by atoms with E-state index in [0.717, 1.165) is 24.3 Å². The Bertz CT molecular complexity index is 953. The number of halogens is 2. The van der Waals surface area contributed by atoms with Gasteiger partial charge in [-0.3, -0.25) is 14.8 Å². The molecule has 6 nitrogen and oxygen atoms in total. The third-order valence-electron chi connectivity index (χ3n) is 4.97. The van der Waals surface area contributed by atoms with Gasteiger partial charge in [-0.2, -0.15) is 5.10 Å². The van der Waals surface area contributed by atoms with Crippen LogP contribution in [-0.2, 0) is 10.3 Å². The molecule has 1 saturated heterocycles. The fourth-order valence-corrected chi connectivity index (χ4v) is 4.12. The first-order valence-electron chi connectivity index (χ1n) is 8.83. The number of aryl methyl sites for hydroxylation is 1. The molecule has 2 aromatic heterocycles. The third-order valence-corrected chi connectivity index (χ3v) is 5.73. The van der Waals surface area contributed by atoms with Crippen LogP contribution < -0.4 is 10.6 Å². The van der Waals surface area contributed by atoms with E-state index in [-0.39, 0.29) is 24.1 Å². The highest BCUT2D eigenvalue weighted by Crippen LogP contribution is 2.31. The molecule has 3 heterocycles. The van der Waals surface area contributed by atoms with Crippen LogP contribution in [0.3, 0.4) is 0 Å². The zero-order chi connectivity index (χ0) is 18.9. The summed E-state index contributed by atoms with van der Waals surface area (Å²) in [5.74, 6) is -0.349. The largest absolute Gasteiger partial charge is 0.317 e. The maximum atomic E-state index is 13.5. The minimum Gasteiger partial charge on any atom is -0.317 e. The van der Waals surface area contributed by atoms with E-state index >= 15 is 0 Å². The molecule has 0 unspecified atom stereocenters. The zero-order valence-electron chi connectivity index (χ0n) is 15.3. The second-order valence-corrected chi connectivity index (χ2v) is 7.55. The van der Waals surface area contributed by atoms with Gasteiger partial charge in [0.25, 0.3) is 5.91 Å². The quantitative estimate of drug-likeness (QED) is 0.675. The lowest BCUT2D eigenvalue weighted by Crippen LogP contribution is -2.52. The van der Waals surface area contributed by atoms with Gasteiger partial charge in [0.15, 0.2) is 5.13 Å². The number of nitrogens with one attached hydrogen (secondary N) is 2. The number of aromatic nitrogens is 3. The fraction of sp³-hybridized carbons (Fsp3) is 0.316. The van der Waals surface area contributed by atoms with Crippen LogP contribution in [0.15, 0.2) is 42.0 Å². The lowest BCUT2D eigenvalue weighted by Gasteiger charge is -2.36. The molecule has 1 amide bonds. The van der Waals surface area contributed by atoms with Crippen molar-refractivity contribution in [2.45, 2.75) is 25.3 Å². The summed E-state index contributed by atoms with van der Waals surface area (Å²) < 4.78 is 15.2. The van der Waals surface area contributed by atoms with Crippen LogP contribution in [0.4, 0.5) is 9.52 Å². The topological polar surface area (TPSA) is 71.8 Å². The average molecular weight is 422 g/mol. The van der Waals surface area contributed by atoms with E-state index in [1.165, 1.54) is 17.4 Å². The van der Waals surface area contributed by atoms with Crippen LogP contribution in [0, 0.1) is 12.7 Å². The SMILES string of the molecule is Cc1cc(-c2csc(NC(=O)C3(n4cccn4)CCNCC3)n2)ccc1F.Cl. The van der Waals surface area contributed by atoms with E-state index in [1.807, 2.05) is 17.6 Å². The first-order chi connectivity index (χ1) is 13.1. The average Bonchev–Trinajstić information content (AvgIpc) is 3.37. The number of amides is 1. The molecule has 0 aliphatic carbocycles. The first-order valence-corrected chi connectivity index (χ1v) is 9.71.